The smallest absolute Gasteiger partial charge is 0.320 e. The highest BCUT2D eigenvalue weighted by Gasteiger charge is 2.36. The Kier molecular flexibility index (Phi) is 4.47. The van der Waals surface area contributed by atoms with Gasteiger partial charge >= 0.3 is 5.97 Å². The standard InChI is InChI=1S/C15H16BrNO3S/c16-13-7-6-12(21-13)14(11-5-3-9-20-11)17-8-2-1-4-10(17)15(18)19/h3,5-7,9-10,14H,1-2,4,8H2,(H,18,19). The molecule has 3 heterocycles. The molecule has 0 saturated carbocycles. The number of halogens is 1. The van der Waals surface area contributed by atoms with Crippen molar-refractivity contribution < 1.29 is 14.3 Å². The average molecular weight is 370 g/mol. The number of nitrogens with zero attached hydrogens (tertiary/aromatic N) is 1. The lowest BCUT2D eigenvalue weighted by Gasteiger charge is -2.37. The Hall–Kier alpha value is -1.11. The monoisotopic (exact) mass is 369 g/mol. The van der Waals surface area contributed by atoms with E-state index >= 15 is 0 Å². The first-order chi connectivity index (χ1) is 10.2. The Morgan fingerprint density at radius 1 is 1.43 bits per heavy atom. The van der Waals surface area contributed by atoms with E-state index in [9.17, 15) is 9.90 Å². The second-order valence-electron chi connectivity index (χ2n) is 5.15. The Bertz CT molecular complexity index is 610. The number of carboxylic acid groups (broad SMARTS) is 1. The third kappa shape index (κ3) is 3.07. The van der Waals surface area contributed by atoms with Gasteiger partial charge < -0.3 is 9.52 Å². The topological polar surface area (TPSA) is 53.7 Å². The molecule has 112 valence electrons. The number of likely N-dealkylation sites (tertiary alicyclic amines) is 1. The number of carboxylic acids is 1. The van der Waals surface area contributed by atoms with E-state index in [4.69, 9.17) is 4.42 Å². The van der Waals surface area contributed by atoms with Crippen LogP contribution in [-0.4, -0.2) is 28.6 Å². The minimum atomic E-state index is -0.748. The lowest BCUT2D eigenvalue weighted by molar-refractivity contribution is -0.145. The maximum absolute atomic E-state index is 11.6. The van der Waals surface area contributed by atoms with Crippen molar-refractivity contribution in [3.63, 3.8) is 0 Å². The highest BCUT2D eigenvalue weighted by molar-refractivity contribution is 9.11. The van der Waals surface area contributed by atoms with Gasteiger partial charge in [-0.25, -0.2) is 0 Å². The van der Waals surface area contributed by atoms with E-state index in [1.807, 2.05) is 24.3 Å². The normalized spacial score (nSPS) is 21.3. The lowest BCUT2D eigenvalue weighted by atomic mass is 9.98. The van der Waals surface area contributed by atoms with Crippen molar-refractivity contribution in [3.8, 4) is 0 Å². The maximum atomic E-state index is 11.6. The molecule has 0 spiro atoms. The number of furan rings is 1. The molecule has 2 atom stereocenters. The molecule has 1 fully saturated rings. The molecule has 2 aromatic rings. The Balaban J connectivity index is 2.00. The predicted molar refractivity (Wildman–Crippen MR) is 84.6 cm³/mol. The molecule has 0 radical (unpaired) electrons. The number of piperidine rings is 1. The zero-order valence-electron chi connectivity index (χ0n) is 11.4. The predicted octanol–water partition coefficient (Wildman–Crippen LogP) is 4.13. The summed E-state index contributed by atoms with van der Waals surface area (Å²) >= 11 is 5.11. The summed E-state index contributed by atoms with van der Waals surface area (Å²) in [4.78, 5) is 14.8. The molecule has 3 rings (SSSR count). The fourth-order valence-electron chi connectivity index (χ4n) is 2.92. The van der Waals surface area contributed by atoms with E-state index < -0.39 is 12.0 Å². The van der Waals surface area contributed by atoms with Crippen molar-refractivity contribution in [2.75, 3.05) is 6.54 Å². The molecule has 0 amide bonds. The van der Waals surface area contributed by atoms with Crippen LogP contribution in [0.2, 0.25) is 0 Å². The van der Waals surface area contributed by atoms with Gasteiger partial charge in [0.05, 0.1) is 10.0 Å². The highest BCUT2D eigenvalue weighted by Crippen LogP contribution is 2.38. The Morgan fingerprint density at radius 2 is 2.29 bits per heavy atom. The molecule has 6 heteroatoms. The van der Waals surface area contributed by atoms with Crippen LogP contribution in [0.3, 0.4) is 0 Å². The number of carbonyl (C=O) groups is 1. The maximum Gasteiger partial charge on any atom is 0.320 e. The zero-order valence-corrected chi connectivity index (χ0v) is 13.8. The summed E-state index contributed by atoms with van der Waals surface area (Å²) in [6.07, 6.45) is 4.32. The van der Waals surface area contributed by atoms with Gasteiger partial charge in [-0.05, 0) is 53.0 Å². The van der Waals surface area contributed by atoms with Crippen LogP contribution in [0.5, 0.6) is 0 Å². The van der Waals surface area contributed by atoms with Gasteiger partial charge in [-0.2, -0.15) is 0 Å². The molecule has 0 bridgehead atoms. The molecule has 1 saturated heterocycles. The first kappa shape index (κ1) is 14.8. The molecule has 1 aliphatic heterocycles. The fourth-order valence-corrected chi connectivity index (χ4v) is 4.47. The van der Waals surface area contributed by atoms with Gasteiger partial charge in [-0.1, -0.05) is 6.42 Å². The Labute approximate surface area is 135 Å². The molecule has 0 aromatic carbocycles. The number of thiophene rings is 1. The average Bonchev–Trinajstić information content (AvgIpc) is 3.12. The third-order valence-electron chi connectivity index (χ3n) is 3.84. The van der Waals surface area contributed by atoms with Crippen LogP contribution in [-0.2, 0) is 4.79 Å². The molecular weight excluding hydrogens is 354 g/mol. The first-order valence-electron chi connectivity index (χ1n) is 6.94. The van der Waals surface area contributed by atoms with Gasteiger partial charge in [0.25, 0.3) is 0 Å². The van der Waals surface area contributed by atoms with Crippen LogP contribution in [0.4, 0.5) is 0 Å². The van der Waals surface area contributed by atoms with Crippen LogP contribution in [0.15, 0.2) is 38.7 Å². The van der Waals surface area contributed by atoms with E-state index in [0.29, 0.717) is 6.42 Å². The largest absolute Gasteiger partial charge is 0.480 e. The van der Waals surface area contributed by atoms with Gasteiger partial charge in [-0.15, -0.1) is 11.3 Å². The fraction of sp³-hybridized carbons (Fsp3) is 0.400. The van der Waals surface area contributed by atoms with Gasteiger partial charge in [-0.3, -0.25) is 9.69 Å². The summed E-state index contributed by atoms with van der Waals surface area (Å²) < 4.78 is 6.64. The van der Waals surface area contributed by atoms with E-state index in [2.05, 4.69) is 20.8 Å². The zero-order chi connectivity index (χ0) is 14.8. The summed E-state index contributed by atoms with van der Waals surface area (Å²) in [5.41, 5.74) is 0. The van der Waals surface area contributed by atoms with Crippen molar-refractivity contribution >= 4 is 33.2 Å². The van der Waals surface area contributed by atoms with Crippen LogP contribution in [0.25, 0.3) is 0 Å². The van der Waals surface area contributed by atoms with E-state index in [0.717, 1.165) is 33.8 Å². The SMILES string of the molecule is O=C(O)C1CCCCN1C(c1ccco1)c1ccc(Br)s1. The minimum Gasteiger partial charge on any atom is -0.480 e. The van der Waals surface area contributed by atoms with Crippen LogP contribution >= 0.6 is 27.3 Å². The Morgan fingerprint density at radius 3 is 2.90 bits per heavy atom. The van der Waals surface area contributed by atoms with E-state index in [1.54, 1.807) is 17.6 Å². The van der Waals surface area contributed by atoms with Gasteiger partial charge in [0, 0.05) is 11.4 Å². The second kappa shape index (κ2) is 6.34. The molecule has 0 aliphatic carbocycles. The van der Waals surface area contributed by atoms with Crippen LogP contribution in [0.1, 0.15) is 35.9 Å². The van der Waals surface area contributed by atoms with Crippen molar-refractivity contribution in [3.05, 3.63) is 45.0 Å². The number of hydrogen-bond acceptors (Lipinski definition) is 4. The van der Waals surface area contributed by atoms with Crippen molar-refractivity contribution in [1.82, 2.24) is 4.90 Å². The molecule has 2 unspecified atom stereocenters. The van der Waals surface area contributed by atoms with Crippen molar-refractivity contribution in [2.45, 2.75) is 31.3 Å². The van der Waals surface area contributed by atoms with Gasteiger partial charge in [0.15, 0.2) is 0 Å². The number of hydrogen-bond donors (Lipinski definition) is 1. The summed E-state index contributed by atoms with van der Waals surface area (Å²) in [6, 6.07) is 7.23. The lowest BCUT2D eigenvalue weighted by Crippen LogP contribution is -2.46. The first-order valence-corrected chi connectivity index (χ1v) is 8.55. The quantitative estimate of drug-likeness (QED) is 0.879. The van der Waals surface area contributed by atoms with Gasteiger partial charge in [0.1, 0.15) is 17.8 Å². The number of rotatable bonds is 4. The molecule has 4 nitrogen and oxygen atoms in total. The molecule has 1 aliphatic rings. The minimum absolute atomic E-state index is 0.127. The van der Waals surface area contributed by atoms with Gasteiger partial charge in [0.2, 0.25) is 0 Å². The van der Waals surface area contributed by atoms with E-state index in [-0.39, 0.29) is 6.04 Å². The summed E-state index contributed by atoms with van der Waals surface area (Å²) in [5.74, 6) is 0.0550. The summed E-state index contributed by atoms with van der Waals surface area (Å²) in [5, 5.41) is 9.53. The van der Waals surface area contributed by atoms with E-state index in [1.165, 1.54) is 0 Å². The second-order valence-corrected chi connectivity index (χ2v) is 7.64. The van der Waals surface area contributed by atoms with Crippen molar-refractivity contribution in [2.24, 2.45) is 0 Å². The number of aliphatic carboxylic acids is 1. The van der Waals surface area contributed by atoms with Crippen molar-refractivity contribution in [1.29, 1.82) is 0 Å². The molecular formula is C15H16BrNO3S. The highest BCUT2D eigenvalue weighted by atomic mass is 79.9. The third-order valence-corrected chi connectivity index (χ3v) is 5.51. The van der Waals surface area contributed by atoms with Crippen LogP contribution in [0, 0.1) is 0 Å². The summed E-state index contributed by atoms with van der Waals surface area (Å²) in [6.45, 7) is 0.776. The van der Waals surface area contributed by atoms with Crippen LogP contribution < -0.4 is 0 Å². The molecule has 2 aromatic heterocycles. The summed E-state index contributed by atoms with van der Waals surface area (Å²) in [7, 11) is 0. The molecule has 1 N–H and O–H groups in total. The molecule has 21 heavy (non-hydrogen) atoms.